The fourth-order valence-corrected chi connectivity index (χ4v) is 11.1. The lowest BCUT2D eigenvalue weighted by Gasteiger charge is -2.46. The zero-order chi connectivity index (χ0) is 38.9. The van der Waals surface area contributed by atoms with E-state index in [1.807, 2.05) is 0 Å². The molecular weight excluding hydrogens is 701 g/mol. The number of para-hydroxylation sites is 2. The van der Waals surface area contributed by atoms with Gasteiger partial charge < -0.3 is 9.80 Å². The van der Waals surface area contributed by atoms with Crippen LogP contribution in [0.2, 0.25) is 0 Å². The minimum absolute atomic E-state index is 0.100. The summed E-state index contributed by atoms with van der Waals surface area (Å²) in [4.78, 5) is 5.09. The SMILES string of the molecule is CC1(C)c2ccccc2-c2cc3c(cc21)N(C1=C2C=Cc4ccc(N(c5ccccc5)c5cccc6ccccc56)c5c4C2C(C=C1)C=C5)c1ccccc1C3(C)C. The van der Waals surface area contributed by atoms with Crippen LogP contribution in [0.15, 0.2) is 181 Å². The minimum Gasteiger partial charge on any atom is -0.310 e. The van der Waals surface area contributed by atoms with Crippen LogP contribution in [0.4, 0.5) is 28.4 Å². The molecule has 7 aromatic carbocycles. The number of rotatable bonds is 4. The number of hydrogen-bond donors (Lipinski definition) is 0. The lowest BCUT2D eigenvalue weighted by molar-refractivity contribution is 0.621. The van der Waals surface area contributed by atoms with Crippen molar-refractivity contribution in [2.24, 2.45) is 5.92 Å². The summed E-state index contributed by atoms with van der Waals surface area (Å²) in [7, 11) is 0. The van der Waals surface area contributed by atoms with E-state index >= 15 is 0 Å². The van der Waals surface area contributed by atoms with Gasteiger partial charge in [0.1, 0.15) is 0 Å². The predicted octanol–water partition coefficient (Wildman–Crippen LogP) is 14.7. The topological polar surface area (TPSA) is 6.48 Å². The summed E-state index contributed by atoms with van der Waals surface area (Å²) in [5.74, 6) is 0.447. The molecule has 0 spiro atoms. The van der Waals surface area contributed by atoms with Gasteiger partial charge in [-0.15, -0.1) is 0 Å². The van der Waals surface area contributed by atoms with E-state index in [2.05, 4.69) is 220 Å². The minimum atomic E-state index is -0.182. The number of hydrogen-bond acceptors (Lipinski definition) is 2. The monoisotopic (exact) mass is 744 g/mol. The summed E-state index contributed by atoms with van der Waals surface area (Å²) >= 11 is 0. The Bertz CT molecular complexity index is 3020. The van der Waals surface area contributed by atoms with Crippen molar-refractivity contribution in [1.82, 2.24) is 0 Å². The molecule has 0 radical (unpaired) electrons. The third-order valence-corrected chi connectivity index (χ3v) is 14.0. The van der Waals surface area contributed by atoms with Gasteiger partial charge in [0.15, 0.2) is 0 Å². The van der Waals surface area contributed by atoms with Gasteiger partial charge in [0, 0.05) is 45.0 Å². The average Bonchev–Trinajstić information content (AvgIpc) is 3.48. The van der Waals surface area contributed by atoms with Crippen molar-refractivity contribution in [2.75, 3.05) is 9.80 Å². The number of nitrogens with zero attached hydrogens (tertiary/aromatic N) is 2. The highest BCUT2D eigenvalue weighted by molar-refractivity contribution is 6.01. The van der Waals surface area contributed by atoms with Crippen molar-refractivity contribution in [3.8, 4) is 11.1 Å². The molecule has 2 nitrogen and oxygen atoms in total. The van der Waals surface area contributed by atoms with Gasteiger partial charge in [0.25, 0.3) is 0 Å². The van der Waals surface area contributed by atoms with Gasteiger partial charge in [-0.2, -0.15) is 0 Å². The highest BCUT2D eigenvalue weighted by atomic mass is 15.2. The normalized spacial score (nSPS) is 19.3. The van der Waals surface area contributed by atoms with Crippen molar-refractivity contribution in [1.29, 1.82) is 0 Å². The maximum Gasteiger partial charge on any atom is 0.0540 e. The quantitative estimate of drug-likeness (QED) is 0.177. The van der Waals surface area contributed by atoms with Crippen LogP contribution in [0.5, 0.6) is 0 Å². The van der Waals surface area contributed by atoms with Gasteiger partial charge in [-0.3, -0.25) is 0 Å². The Labute approximate surface area is 341 Å². The van der Waals surface area contributed by atoms with Crippen LogP contribution in [-0.2, 0) is 10.8 Å². The molecule has 1 heterocycles. The number of anilines is 5. The van der Waals surface area contributed by atoms with Crippen LogP contribution in [0.3, 0.4) is 0 Å². The fraction of sp³-hybridized carbons (Fsp3) is 0.143. The van der Waals surface area contributed by atoms with Gasteiger partial charge in [0.05, 0.1) is 22.7 Å². The molecule has 58 heavy (non-hydrogen) atoms. The Morgan fingerprint density at radius 2 is 1.24 bits per heavy atom. The molecule has 0 aromatic heterocycles. The van der Waals surface area contributed by atoms with E-state index in [-0.39, 0.29) is 22.7 Å². The van der Waals surface area contributed by atoms with E-state index in [0.717, 1.165) is 5.69 Å². The van der Waals surface area contributed by atoms with E-state index < -0.39 is 0 Å². The molecule has 7 aromatic rings. The van der Waals surface area contributed by atoms with Crippen molar-refractivity contribution in [3.63, 3.8) is 0 Å². The zero-order valence-electron chi connectivity index (χ0n) is 33.4. The van der Waals surface area contributed by atoms with E-state index in [9.17, 15) is 0 Å². The second kappa shape index (κ2) is 11.9. The maximum absolute atomic E-state index is 2.61. The Hall–Kier alpha value is -6.64. The molecule has 0 saturated heterocycles. The van der Waals surface area contributed by atoms with E-state index in [4.69, 9.17) is 0 Å². The summed E-state index contributed by atoms with van der Waals surface area (Å²) in [5, 5.41) is 2.48. The molecule has 12 rings (SSSR count). The molecule has 0 bridgehead atoms. The summed E-state index contributed by atoms with van der Waals surface area (Å²) in [6.45, 7) is 9.62. The summed E-state index contributed by atoms with van der Waals surface area (Å²) in [6.07, 6.45) is 14.5. The van der Waals surface area contributed by atoms with Crippen LogP contribution in [0.1, 0.15) is 72.6 Å². The Morgan fingerprint density at radius 1 is 0.517 bits per heavy atom. The smallest absolute Gasteiger partial charge is 0.0540 e. The number of benzene rings is 7. The second-order valence-corrected chi connectivity index (χ2v) is 17.7. The van der Waals surface area contributed by atoms with Gasteiger partial charge in [-0.05, 0) is 104 Å². The Balaban J connectivity index is 1.08. The molecule has 278 valence electrons. The van der Waals surface area contributed by atoms with Crippen molar-refractivity contribution in [2.45, 2.75) is 44.4 Å². The first-order chi connectivity index (χ1) is 28.3. The highest BCUT2D eigenvalue weighted by Gasteiger charge is 2.44. The van der Waals surface area contributed by atoms with Crippen LogP contribution in [0.25, 0.3) is 34.1 Å². The standard InChI is InChI=1S/C56H44N2/c1-55(2)44-21-11-10-20-40(44)43-33-47-52(34-46(43)55)58(51-23-13-12-22-45(51)56(47,3)4)50-32-28-37-25-29-41-49(31-27-36-26-30-42(50)54(37)53(36)41)57(38-17-6-5-7-18-38)48-24-14-16-35-15-8-9-19-39(35)48/h5-34,37,54H,1-4H3. The van der Waals surface area contributed by atoms with E-state index in [0.29, 0.717) is 0 Å². The highest BCUT2D eigenvalue weighted by Crippen LogP contribution is 2.59. The van der Waals surface area contributed by atoms with Gasteiger partial charge >= 0.3 is 0 Å². The molecule has 0 fully saturated rings. The van der Waals surface area contributed by atoms with Crippen molar-refractivity contribution >= 4 is 51.4 Å². The van der Waals surface area contributed by atoms with Crippen LogP contribution in [-0.4, -0.2) is 0 Å². The molecule has 0 amide bonds. The molecular formula is C56H44N2. The summed E-state index contributed by atoms with van der Waals surface area (Å²) in [6, 6.07) is 54.2. The summed E-state index contributed by atoms with van der Waals surface area (Å²) in [5.41, 5.74) is 20.8. The Morgan fingerprint density at radius 3 is 2.12 bits per heavy atom. The largest absolute Gasteiger partial charge is 0.310 e. The molecule has 0 N–H and O–H groups in total. The van der Waals surface area contributed by atoms with Gasteiger partial charge in [0.2, 0.25) is 0 Å². The third kappa shape index (κ3) is 4.49. The zero-order valence-corrected chi connectivity index (χ0v) is 33.4. The molecule has 2 heteroatoms. The summed E-state index contributed by atoms with van der Waals surface area (Å²) < 4.78 is 0. The molecule has 2 atom stereocenters. The van der Waals surface area contributed by atoms with E-state index in [1.54, 1.807) is 0 Å². The fourth-order valence-electron chi connectivity index (χ4n) is 11.1. The average molecular weight is 745 g/mol. The molecule has 0 saturated carbocycles. The molecule has 2 unspecified atom stereocenters. The third-order valence-electron chi connectivity index (χ3n) is 14.0. The van der Waals surface area contributed by atoms with Gasteiger partial charge in [-0.25, -0.2) is 0 Å². The Kier molecular flexibility index (Phi) is 6.90. The molecule has 4 aliphatic carbocycles. The lowest BCUT2D eigenvalue weighted by Crippen LogP contribution is -2.35. The number of allylic oxidation sites excluding steroid dienone is 5. The first-order valence-electron chi connectivity index (χ1n) is 20.8. The van der Waals surface area contributed by atoms with Crippen LogP contribution >= 0.6 is 0 Å². The lowest BCUT2D eigenvalue weighted by atomic mass is 9.67. The van der Waals surface area contributed by atoms with Crippen molar-refractivity contribution < 1.29 is 0 Å². The molecule has 5 aliphatic rings. The van der Waals surface area contributed by atoms with Gasteiger partial charge in [-0.1, -0.05) is 161 Å². The number of fused-ring (bicyclic) bond motifs is 6. The predicted molar refractivity (Wildman–Crippen MR) is 244 cm³/mol. The first-order valence-corrected chi connectivity index (χ1v) is 20.8. The maximum atomic E-state index is 2.61. The molecule has 1 aliphatic heterocycles. The van der Waals surface area contributed by atoms with Crippen LogP contribution < -0.4 is 9.80 Å². The van der Waals surface area contributed by atoms with E-state index in [1.165, 1.54) is 94.9 Å². The second-order valence-electron chi connectivity index (χ2n) is 17.7. The van der Waals surface area contributed by atoms with Crippen LogP contribution in [0, 0.1) is 5.92 Å². The van der Waals surface area contributed by atoms with Crippen molar-refractivity contribution in [3.05, 3.63) is 220 Å². The first kappa shape index (κ1) is 33.5.